The third kappa shape index (κ3) is 2.65. The Morgan fingerprint density at radius 2 is 1.72 bits per heavy atom. The number of urea groups is 1. The molecule has 8 nitrogen and oxygen atoms in total. The number of halogens is 2. The molecule has 1 saturated heterocycles. The van der Waals surface area contributed by atoms with Crippen LogP contribution in [-0.2, 0) is 4.79 Å². The van der Waals surface area contributed by atoms with Gasteiger partial charge < -0.3 is 10.2 Å². The number of H-pyrrole nitrogens is 1. The van der Waals surface area contributed by atoms with Crippen LogP contribution in [0.2, 0.25) is 0 Å². The minimum absolute atomic E-state index is 0.0479. The van der Waals surface area contributed by atoms with Crippen molar-refractivity contribution in [2.24, 2.45) is 0 Å². The predicted octanol–water partition coefficient (Wildman–Crippen LogP) is 3.08. The first-order chi connectivity index (χ1) is 15.1. The van der Waals surface area contributed by atoms with Crippen molar-refractivity contribution in [2.45, 2.75) is 31.5 Å². The molecule has 32 heavy (non-hydrogen) atoms. The summed E-state index contributed by atoms with van der Waals surface area (Å²) < 4.78 is 27.9. The molecule has 0 radical (unpaired) electrons. The quantitative estimate of drug-likeness (QED) is 0.598. The van der Waals surface area contributed by atoms with Crippen molar-refractivity contribution in [1.82, 2.24) is 20.0 Å². The van der Waals surface area contributed by atoms with Crippen molar-refractivity contribution in [3.63, 3.8) is 0 Å². The molecule has 2 unspecified atom stereocenters. The number of imide groups is 1. The summed E-state index contributed by atoms with van der Waals surface area (Å²) in [4.78, 5) is 41.3. The number of carbonyl (C=O) groups excluding carboxylic acids is 2. The summed E-state index contributed by atoms with van der Waals surface area (Å²) in [7, 11) is 1.53. The van der Waals surface area contributed by atoms with E-state index in [4.69, 9.17) is 0 Å². The van der Waals surface area contributed by atoms with Gasteiger partial charge in [0.1, 0.15) is 23.2 Å². The summed E-state index contributed by atoms with van der Waals surface area (Å²) in [6, 6.07) is 5.60. The molecule has 0 spiro atoms. The summed E-state index contributed by atoms with van der Waals surface area (Å²) >= 11 is 0. The van der Waals surface area contributed by atoms with Gasteiger partial charge in [0.25, 0.3) is 11.5 Å². The van der Waals surface area contributed by atoms with E-state index in [0.29, 0.717) is 16.6 Å². The van der Waals surface area contributed by atoms with Gasteiger partial charge in [-0.15, -0.1) is 0 Å². The fourth-order valence-corrected chi connectivity index (χ4v) is 4.40. The van der Waals surface area contributed by atoms with E-state index in [2.05, 4.69) is 15.5 Å². The number of hydrogen-bond donors (Lipinski definition) is 2. The molecule has 2 atom stereocenters. The summed E-state index contributed by atoms with van der Waals surface area (Å²) in [5, 5.41) is 10.1. The smallest absolute Gasteiger partial charge is 0.328 e. The van der Waals surface area contributed by atoms with Crippen LogP contribution in [0.1, 0.15) is 37.2 Å². The number of amides is 3. The minimum Gasteiger partial charge on any atom is -0.375 e. The molecule has 2 aliphatic heterocycles. The maximum absolute atomic E-state index is 14.3. The summed E-state index contributed by atoms with van der Waals surface area (Å²) in [6.45, 7) is 3.27. The Morgan fingerprint density at radius 3 is 2.34 bits per heavy atom. The van der Waals surface area contributed by atoms with Crippen LogP contribution in [-0.4, -0.2) is 44.5 Å². The molecule has 3 amide bonds. The van der Waals surface area contributed by atoms with Crippen LogP contribution in [0.3, 0.4) is 0 Å². The monoisotopic (exact) mass is 439 g/mol. The van der Waals surface area contributed by atoms with Crippen LogP contribution < -0.4 is 10.9 Å². The van der Waals surface area contributed by atoms with Gasteiger partial charge in [0.05, 0.1) is 17.1 Å². The zero-order valence-electron chi connectivity index (χ0n) is 17.4. The summed E-state index contributed by atoms with van der Waals surface area (Å²) in [5.74, 6) is -1.53. The van der Waals surface area contributed by atoms with E-state index in [-0.39, 0.29) is 11.1 Å². The molecule has 1 aromatic heterocycles. The number of hydrogen-bond acceptors (Lipinski definition) is 5. The molecule has 0 saturated carbocycles. The molecule has 164 valence electrons. The standard InChI is InChI=1S/C22H19F2N5O3/c1-22(2)20(31)29(21(32)28(22)3)18-16(10-4-6-11(23)7-5-10)25-14-9-12(24)8-13-15(14)17(18)26-27-19(13)30/h4-9,16,18,25H,1-3H3,(H,27,30). The van der Waals surface area contributed by atoms with Crippen molar-refractivity contribution in [1.29, 1.82) is 0 Å². The van der Waals surface area contributed by atoms with Gasteiger partial charge >= 0.3 is 6.03 Å². The molecule has 1 fully saturated rings. The molecule has 5 rings (SSSR count). The first kappa shape index (κ1) is 20.1. The second-order valence-electron chi connectivity index (χ2n) is 8.51. The first-order valence-electron chi connectivity index (χ1n) is 9.96. The van der Waals surface area contributed by atoms with E-state index in [1.54, 1.807) is 13.8 Å². The van der Waals surface area contributed by atoms with Gasteiger partial charge in [-0.1, -0.05) is 12.1 Å². The zero-order valence-corrected chi connectivity index (χ0v) is 17.4. The summed E-state index contributed by atoms with van der Waals surface area (Å²) in [6.07, 6.45) is 0. The van der Waals surface area contributed by atoms with Gasteiger partial charge in [-0.3, -0.25) is 14.5 Å². The van der Waals surface area contributed by atoms with Gasteiger partial charge in [0.2, 0.25) is 0 Å². The minimum atomic E-state index is -1.10. The third-order valence-corrected chi connectivity index (χ3v) is 6.37. The molecular weight excluding hydrogens is 420 g/mol. The number of aromatic nitrogens is 2. The maximum Gasteiger partial charge on any atom is 0.328 e. The maximum atomic E-state index is 14.3. The van der Waals surface area contributed by atoms with Crippen molar-refractivity contribution >= 4 is 28.4 Å². The van der Waals surface area contributed by atoms with E-state index in [0.717, 1.165) is 11.0 Å². The predicted molar refractivity (Wildman–Crippen MR) is 112 cm³/mol. The van der Waals surface area contributed by atoms with Crippen LogP contribution in [0, 0.1) is 11.6 Å². The Hall–Kier alpha value is -3.82. The fraction of sp³-hybridized carbons (Fsp3) is 0.273. The lowest BCUT2D eigenvalue weighted by Gasteiger charge is -2.38. The molecule has 3 heterocycles. The number of rotatable bonds is 2. The highest BCUT2D eigenvalue weighted by molar-refractivity contribution is 6.08. The highest BCUT2D eigenvalue weighted by Crippen LogP contribution is 2.47. The molecule has 2 N–H and O–H groups in total. The van der Waals surface area contributed by atoms with Crippen LogP contribution in [0.5, 0.6) is 0 Å². The van der Waals surface area contributed by atoms with Crippen LogP contribution >= 0.6 is 0 Å². The highest BCUT2D eigenvalue weighted by Gasteiger charge is 2.55. The number of carbonyl (C=O) groups is 2. The normalized spacial score (nSPS) is 21.9. The van der Waals surface area contributed by atoms with Gasteiger partial charge in [-0.2, -0.15) is 5.10 Å². The molecule has 2 aromatic carbocycles. The fourth-order valence-electron chi connectivity index (χ4n) is 4.40. The molecule has 10 heteroatoms. The second-order valence-corrected chi connectivity index (χ2v) is 8.51. The number of nitrogens with one attached hydrogen (secondary N) is 2. The van der Waals surface area contributed by atoms with Crippen molar-refractivity contribution in [2.75, 3.05) is 12.4 Å². The third-order valence-electron chi connectivity index (χ3n) is 6.37. The number of anilines is 1. The molecular formula is C22H19F2N5O3. The Bertz CT molecular complexity index is 1350. The summed E-state index contributed by atoms with van der Waals surface area (Å²) in [5.41, 5.74) is -0.599. The van der Waals surface area contributed by atoms with Crippen molar-refractivity contribution in [3.8, 4) is 0 Å². The van der Waals surface area contributed by atoms with Crippen LogP contribution in [0.4, 0.5) is 19.3 Å². The Kier molecular flexibility index (Phi) is 4.14. The van der Waals surface area contributed by atoms with Crippen LogP contribution in [0.15, 0.2) is 41.2 Å². The van der Waals surface area contributed by atoms with Gasteiger partial charge in [0.15, 0.2) is 0 Å². The number of likely N-dealkylation sites (N-methyl/N-ethyl adjacent to an activating group) is 1. The van der Waals surface area contributed by atoms with Gasteiger partial charge in [-0.25, -0.2) is 18.7 Å². The average molecular weight is 439 g/mol. The molecule has 3 aromatic rings. The Morgan fingerprint density at radius 1 is 1.03 bits per heavy atom. The highest BCUT2D eigenvalue weighted by atomic mass is 19.1. The van der Waals surface area contributed by atoms with E-state index >= 15 is 0 Å². The van der Waals surface area contributed by atoms with Crippen molar-refractivity contribution in [3.05, 3.63) is 69.6 Å². The van der Waals surface area contributed by atoms with Crippen LogP contribution in [0.25, 0.3) is 10.8 Å². The molecule has 0 aliphatic carbocycles. The number of aromatic amines is 1. The second kappa shape index (κ2) is 6.59. The van der Waals surface area contributed by atoms with Gasteiger partial charge in [-0.05, 0) is 43.7 Å². The topological polar surface area (TPSA) is 98.4 Å². The number of benzene rings is 2. The van der Waals surface area contributed by atoms with Crippen molar-refractivity contribution < 1.29 is 18.4 Å². The van der Waals surface area contributed by atoms with Gasteiger partial charge in [0, 0.05) is 18.1 Å². The molecule has 2 aliphatic rings. The average Bonchev–Trinajstić information content (AvgIpc) is 2.90. The van der Waals surface area contributed by atoms with E-state index < -0.39 is 46.8 Å². The van der Waals surface area contributed by atoms with E-state index in [9.17, 15) is 23.2 Å². The van der Waals surface area contributed by atoms with E-state index in [1.165, 1.54) is 42.3 Å². The Balaban J connectivity index is 1.80. The first-order valence-corrected chi connectivity index (χ1v) is 9.96. The lowest BCUT2D eigenvalue weighted by atomic mass is 9.88. The largest absolute Gasteiger partial charge is 0.375 e. The number of nitrogens with zero attached hydrogens (tertiary/aromatic N) is 3. The zero-order chi connectivity index (χ0) is 22.9. The Labute approximate surface area is 180 Å². The lowest BCUT2D eigenvalue weighted by molar-refractivity contribution is -0.133. The van der Waals surface area contributed by atoms with E-state index in [1.807, 2.05) is 0 Å². The SMILES string of the molecule is CN1C(=O)N(C2c3n[nH]c(=O)c4cc(F)cc(c34)NC2c2ccc(F)cc2)C(=O)C1(C)C. The lowest BCUT2D eigenvalue weighted by Crippen LogP contribution is -2.44. The molecule has 0 bridgehead atoms.